The highest BCUT2D eigenvalue weighted by Crippen LogP contribution is 2.29. The lowest BCUT2D eigenvalue weighted by molar-refractivity contribution is 0.474. The normalized spacial score (nSPS) is 10.7. The van der Waals surface area contributed by atoms with Gasteiger partial charge in [-0.05, 0) is 12.1 Å². The number of rotatable bonds is 3. The molecule has 0 radical (unpaired) electrons. The van der Waals surface area contributed by atoms with E-state index in [0.29, 0.717) is 15.6 Å². The van der Waals surface area contributed by atoms with Gasteiger partial charge in [0.2, 0.25) is 0 Å². The predicted octanol–water partition coefficient (Wildman–Crippen LogP) is 4.00. The number of nitrogens with zero attached hydrogens (tertiary/aromatic N) is 1. The van der Waals surface area contributed by atoms with Crippen LogP contribution in [0, 0.1) is 0 Å². The van der Waals surface area contributed by atoms with Gasteiger partial charge in [0.05, 0.1) is 11.2 Å². The summed E-state index contributed by atoms with van der Waals surface area (Å²) in [5, 5.41) is 14.3. The highest BCUT2D eigenvalue weighted by Gasteiger charge is 2.06. The van der Waals surface area contributed by atoms with Crippen molar-refractivity contribution >= 4 is 46.6 Å². The first-order valence-corrected chi connectivity index (χ1v) is 6.81. The van der Waals surface area contributed by atoms with Gasteiger partial charge in [0.1, 0.15) is 10.7 Å². The smallest absolute Gasteiger partial charge is 0.143 e. The number of phenolic OH excluding ortho intramolecular Hbond substituents is 1. The maximum atomic E-state index is 9.76. The number of hydrogen-bond acceptors (Lipinski definition) is 3. The van der Waals surface area contributed by atoms with Crippen molar-refractivity contribution in [2.24, 2.45) is 5.10 Å². The molecule has 0 aromatic heterocycles. The van der Waals surface area contributed by atoms with Crippen LogP contribution in [0.1, 0.15) is 11.1 Å². The summed E-state index contributed by atoms with van der Waals surface area (Å²) >= 11 is 16.9. The molecular weight excluding hydrogens is 315 g/mol. The summed E-state index contributed by atoms with van der Waals surface area (Å²) in [6.07, 6.45) is 1.41. The third-order valence-corrected chi connectivity index (χ3v) is 3.30. The molecule has 0 aliphatic heterocycles. The van der Waals surface area contributed by atoms with Gasteiger partial charge in [-0.15, -0.1) is 0 Å². The number of phenols is 1. The minimum atomic E-state index is -0.0766. The number of benzene rings is 2. The third kappa shape index (κ3) is 3.70. The van der Waals surface area contributed by atoms with Gasteiger partial charge in [0.25, 0.3) is 0 Å². The highest BCUT2D eigenvalue weighted by molar-refractivity contribution is 7.80. The topological polar surface area (TPSA) is 44.6 Å². The number of aromatic hydroxyl groups is 1. The summed E-state index contributed by atoms with van der Waals surface area (Å²) in [5.74, 6) is -0.0766. The van der Waals surface area contributed by atoms with E-state index >= 15 is 0 Å². The molecule has 0 fully saturated rings. The van der Waals surface area contributed by atoms with Crippen LogP contribution < -0.4 is 5.43 Å². The minimum absolute atomic E-state index is 0.0766. The van der Waals surface area contributed by atoms with Gasteiger partial charge in [-0.25, -0.2) is 0 Å². The molecule has 3 nitrogen and oxygen atoms in total. The molecule has 0 atom stereocenters. The van der Waals surface area contributed by atoms with Crippen LogP contribution in [-0.4, -0.2) is 16.3 Å². The van der Waals surface area contributed by atoms with Gasteiger partial charge in [-0.3, -0.25) is 5.43 Å². The van der Waals surface area contributed by atoms with E-state index < -0.39 is 0 Å². The largest absolute Gasteiger partial charge is 0.506 e. The molecule has 0 saturated carbocycles. The summed E-state index contributed by atoms with van der Waals surface area (Å²) < 4.78 is 0. The van der Waals surface area contributed by atoms with Crippen LogP contribution in [0.25, 0.3) is 0 Å². The summed E-state index contributed by atoms with van der Waals surface area (Å²) in [5.41, 5.74) is 3.98. The zero-order valence-corrected chi connectivity index (χ0v) is 12.5. The average Bonchev–Trinajstić information content (AvgIpc) is 2.44. The monoisotopic (exact) mass is 324 g/mol. The van der Waals surface area contributed by atoms with E-state index in [9.17, 15) is 5.11 Å². The third-order valence-electron chi connectivity index (χ3n) is 2.46. The van der Waals surface area contributed by atoms with Gasteiger partial charge >= 0.3 is 0 Å². The molecule has 0 bridgehead atoms. The van der Waals surface area contributed by atoms with Crippen LogP contribution in [0.5, 0.6) is 5.75 Å². The first-order valence-electron chi connectivity index (χ1n) is 5.64. The molecule has 2 aromatic carbocycles. The first kappa shape index (κ1) is 14.8. The second kappa shape index (κ2) is 6.70. The molecule has 0 heterocycles. The standard InChI is InChI=1S/C14H10Cl2N2OS/c15-11-6-10(13(19)12(16)7-11)8-17-18-14(20)9-4-2-1-3-5-9/h1-8,19H,(H,18,20)/b17-8-. The maximum absolute atomic E-state index is 9.76. The Morgan fingerprint density at radius 2 is 1.90 bits per heavy atom. The lowest BCUT2D eigenvalue weighted by atomic mass is 10.2. The fraction of sp³-hybridized carbons (Fsp3) is 0. The molecule has 2 aromatic rings. The van der Waals surface area contributed by atoms with Crippen molar-refractivity contribution in [1.29, 1.82) is 0 Å². The molecule has 0 spiro atoms. The van der Waals surface area contributed by atoms with Crippen LogP contribution >= 0.6 is 35.4 Å². The second-order valence-corrected chi connectivity index (χ2v) is 5.14. The Morgan fingerprint density at radius 1 is 1.20 bits per heavy atom. The molecule has 0 saturated heterocycles. The quantitative estimate of drug-likeness (QED) is 0.509. The van der Waals surface area contributed by atoms with Gasteiger partial charge in [0.15, 0.2) is 0 Å². The molecular formula is C14H10Cl2N2OS. The number of nitrogens with one attached hydrogen (secondary N) is 1. The van der Waals surface area contributed by atoms with Gasteiger partial charge in [-0.1, -0.05) is 65.8 Å². The van der Waals surface area contributed by atoms with Crippen molar-refractivity contribution in [2.75, 3.05) is 0 Å². The zero-order valence-electron chi connectivity index (χ0n) is 10.2. The molecule has 2 rings (SSSR count). The lowest BCUT2D eigenvalue weighted by Gasteiger charge is -2.04. The molecule has 0 unspecified atom stereocenters. The average molecular weight is 325 g/mol. The van der Waals surface area contributed by atoms with Crippen LogP contribution in [0.4, 0.5) is 0 Å². The van der Waals surface area contributed by atoms with E-state index in [4.69, 9.17) is 35.4 Å². The minimum Gasteiger partial charge on any atom is -0.506 e. The van der Waals surface area contributed by atoms with E-state index in [1.807, 2.05) is 30.3 Å². The summed E-state index contributed by atoms with van der Waals surface area (Å²) in [6.45, 7) is 0. The Kier molecular flexibility index (Phi) is 4.95. The SMILES string of the molecule is Oc1c(Cl)cc(Cl)cc1/C=N\NC(=S)c1ccccc1. The zero-order chi connectivity index (χ0) is 14.5. The molecule has 20 heavy (non-hydrogen) atoms. The molecule has 2 N–H and O–H groups in total. The Bertz CT molecular complexity index is 660. The Labute approximate surface area is 131 Å². The van der Waals surface area contributed by atoms with Crippen molar-refractivity contribution < 1.29 is 5.11 Å². The van der Waals surface area contributed by atoms with Crippen molar-refractivity contribution in [3.05, 3.63) is 63.6 Å². The Balaban J connectivity index is 2.10. The fourth-order valence-electron chi connectivity index (χ4n) is 1.50. The van der Waals surface area contributed by atoms with Crippen molar-refractivity contribution in [3.63, 3.8) is 0 Å². The van der Waals surface area contributed by atoms with Gasteiger partial charge in [0, 0.05) is 16.1 Å². The predicted molar refractivity (Wildman–Crippen MR) is 87.0 cm³/mol. The maximum Gasteiger partial charge on any atom is 0.143 e. The van der Waals surface area contributed by atoms with Crippen LogP contribution in [0.15, 0.2) is 47.6 Å². The number of hydrogen-bond donors (Lipinski definition) is 2. The van der Waals surface area contributed by atoms with Crippen LogP contribution in [-0.2, 0) is 0 Å². The summed E-state index contributed by atoms with van der Waals surface area (Å²) in [7, 11) is 0. The molecule has 102 valence electrons. The second-order valence-electron chi connectivity index (χ2n) is 3.89. The highest BCUT2D eigenvalue weighted by atomic mass is 35.5. The van der Waals surface area contributed by atoms with Gasteiger partial charge in [-0.2, -0.15) is 5.10 Å². The number of hydrazone groups is 1. The summed E-state index contributed by atoms with van der Waals surface area (Å²) in [4.78, 5) is 0.481. The first-order chi connectivity index (χ1) is 9.58. The van der Waals surface area contributed by atoms with Crippen LogP contribution in [0.2, 0.25) is 10.0 Å². The fourth-order valence-corrected chi connectivity index (χ4v) is 2.20. The summed E-state index contributed by atoms with van der Waals surface area (Å²) in [6, 6.07) is 12.4. The van der Waals surface area contributed by atoms with Crippen LogP contribution in [0.3, 0.4) is 0 Å². The molecule has 0 aliphatic rings. The van der Waals surface area contributed by atoms with E-state index in [-0.39, 0.29) is 10.8 Å². The Hall–Kier alpha value is -1.62. The van der Waals surface area contributed by atoms with E-state index in [1.54, 1.807) is 6.07 Å². The molecule has 0 aliphatic carbocycles. The number of thiocarbonyl (C=S) groups is 1. The van der Waals surface area contributed by atoms with Crippen molar-refractivity contribution in [2.45, 2.75) is 0 Å². The molecule has 6 heteroatoms. The van der Waals surface area contributed by atoms with E-state index in [2.05, 4.69) is 10.5 Å². The van der Waals surface area contributed by atoms with Crippen molar-refractivity contribution in [3.8, 4) is 5.75 Å². The lowest BCUT2D eigenvalue weighted by Crippen LogP contribution is -2.16. The number of halogens is 2. The van der Waals surface area contributed by atoms with E-state index in [0.717, 1.165) is 5.56 Å². The van der Waals surface area contributed by atoms with Crippen molar-refractivity contribution in [1.82, 2.24) is 5.43 Å². The Morgan fingerprint density at radius 3 is 2.60 bits per heavy atom. The van der Waals surface area contributed by atoms with E-state index in [1.165, 1.54) is 12.3 Å². The molecule has 0 amide bonds. The van der Waals surface area contributed by atoms with Gasteiger partial charge < -0.3 is 5.11 Å².